The molecule has 0 aromatic heterocycles. The van der Waals surface area contributed by atoms with Crippen LogP contribution in [0.5, 0.6) is 5.75 Å². The summed E-state index contributed by atoms with van der Waals surface area (Å²) >= 11 is 17.8. The lowest BCUT2D eigenvalue weighted by Crippen LogP contribution is -2.13. The van der Waals surface area contributed by atoms with Gasteiger partial charge in [0.1, 0.15) is 18.2 Å². The summed E-state index contributed by atoms with van der Waals surface area (Å²) in [7, 11) is 0. The highest BCUT2D eigenvalue weighted by atomic mass is 35.5. The zero-order valence-electron chi connectivity index (χ0n) is 10.3. The van der Waals surface area contributed by atoms with Gasteiger partial charge in [-0.05, 0) is 29.8 Å². The van der Waals surface area contributed by atoms with Crippen molar-refractivity contribution in [1.82, 2.24) is 0 Å². The van der Waals surface area contributed by atoms with E-state index in [1.54, 1.807) is 30.3 Å². The van der Waals surface area contributed by atoms with Gasteiger partial charge in [0.25, 0.3) is 0 Å². The van der Waals surface area contributed by atoms with Crippen molar-refractivity contribution in [3.8, 4) is 5.75 Å². The molecule has 0 atom stereocenters. The Kier molecular flexibility index (Phi) is 4.76. The predicted molar refractivity (Wildman–Crippen MR) is 83.3 cm³/mol. The molecule has 0 bridgehead atoms. The number of hydrogen-bond acceptors (Lipinski definition) is 2. The van der Waals surface area contributed by atoms with E-state index in [0.717, 1.165) is 5.56 Å². The van der Waals surface area contributed by atoms with E-state index in [1.165, 1.54) is 0 Å². The minimum atomic E-state index is -0.139. The minimum absolute atomic E-state index is 0.139. The molecule has 0 heterocycles. The Morgan fingerprint density at radius 2 is 1.80 bits per heavy atom. The second kappa shape index (κ2) is 6.35. The molecule has 0 aliphatic rings. The van der Waals surface area contributed by atoms with Crippen molar-refractivity contribution in [2.24, 2.45) is 5.73 Å². The molecule has 0 fully saturated rings. The molecule has 0 saturated carbocycles. The number of nitrogens with two attached hydrogens (primary N) is 1. The van der Waals surface area contributed by atoms with Gasteiger partial charge in [-0.15, -0.1) is 0 Å². The summed E-state index contributed by atoms with van der Waals surface area (Å²) in [4.78, 5) is 0. The Morgan fingerprint density at radius 1 is 1.05 bits per heavy atom. The normalized spacial score (nSPS) is 10.3. The molecule has 0 spiro atoms. The van der Waals surface area contributed by atoms with Crippen LogP contribution in [0.2, 0.25) is 15.1 Å². The van der Waals surface area contributed by atoms with E-state index >= 15 is 0 Å². The highest BCUT2D eigenvalue weighted by Gasteiger charge is 2.11. The topological polar surface area (TPSA) is 59.1 Å². The molecule has 0 unspecified atom stereocenters. The van der Waals surface area contributed by atoms with Gasteiger partial charge in [0.2, 0.25) is 0 Å². The molecule has 0 aliphatic carbocycles. The molecule has 0 radical (unpaired) electrons. The smallest absolute Gasteiger partial charge is 0.132 e. The van der Waals surface area contributed by atoms with Crippen molar-refractivity contribution in [2.45, 2.75) is 6.61 Å². The summed E-state index contributed by atoms with van der Waals surface area (Å²) in [6.07, 6.45) is 0. The van der Waals surface area contributed by atoms with Crippen molar-refractivity contribution < 1.29 is 4.74 Å². The van der Waals surface area contributed by atoms with Crippen molar-refractivity contribution in [3.05, 3.63) is 62.6 Å². The van der Waals surface area contributed by atoms with Crippen LogP contribution in [0.25, 0.3) is 0 Å². The summed E-state index contributed by atoms with van der Waals surface area (Å²) in [6.45, 7) is 0.275. The molecule has 0 saturated heterocycles. The van der Waals surface area contributed by atoms with Crippen molar-refractivity contribution in [1.29, 1.82) is 5.41 Å². The molecule has 2 rings (SSSR count). The first-order valence-corrected chi connectivity index (χ1v) is 6.82. The minimum Gasteiger partial charge on any atom is -0.488 e. The number of ether oxygens (including phenoxy) is 1. The number of amidine groups is 1. The van der Waals surface area contributed by atoms with Crippen molar-refractivity contribution in [2.75, 3.05) is 0 Å². The number of nitrogen functional groups attached to an aromatic ring is 1. The highest BCUT2D eigenvalue weighted by molar-refractivity contribution is 6.42. The van der Waals surface area contributed by atoms with Gasteiger partial charge in [0.15, 0.2) is 0 Å². The van der Waals surface area contributed by atoms with Gasteiger partial charge in [-0.25, -0.2) is 0 Å². The van der Waals surface area contributed by atoms with E-state index in [9.17, 15) is 0 Å². The number of nitrogens with one attached hydrogen (secondary N) is 1. The lowest BCUT2D eigenvalue weighted by atomic mass is 10.2. The fraction of sp³-hybridized carbons (Fsp3) is 0.0714. The summed E-state index contributed by atoms with van der Waals surface area (Å²) in [5.41, 5.74) is 6.75. The van der Waals surface area contributed by atoms with Gasteiger partial charge in [-0.2, -0.15) is 0 Å². The Morgan fingerprint density at radius 3 is 2.45 bits per heavy atom. The molecule has 2 aromatic rings. The third-order valence-corrected chi connectivity index (χ3v) is 3.68. The first-order valence-electron chi connectivity index (χ1n) is 5.68. The molecule has 2 aromatic carbocycles. The van der Waals surface area contributed by atoms with Crippen LogP contribution in [-0.2, 0) is 6.61 Å². The molecular formula is C14H11Cl3N2O. The molecule has 3 nitrogen and oxygen atoms in total. The van der Waals surface area contributed by atoms with E-state index in [-0.39, 0.29) is 12.4 Å². The molecule has 3 N–H and O–H groups in total. The van der Waals surface area contributed by atoms with Gasteiger partial charge in [0, 0.05) is 0 Å². The zero-order chi connectivity index (χ0) is 14.7. The molecule has 20 heavy (non-hydrogen) atoms. The van der Waals surface area contributed by atoms with Crippen LogP contribution in [0.1, 0.15) is 11.1 Å². The first kappa shape index (κ1) is 15.0. The molecule has 0 aliphatic heterocycles. The number of halogens is 3. The molecule has 6 heteroatoms. The maximum absolute atomic E-state index is 7.54. The van der Waals surface area contributed by atoms with Gasteiger partial charge in [-0.3, -0.25) is 5.41 Å². The van der Waals surface area contributed by atoms with Gasteiger partial charge >= 0.3 is 0 Å². The second-order valence-electron chi connectivity index (χ2n) is 4.06. The van der Waals surface area contributed by atoms with Crippen molar-refractivity contribution >= 4 is 40.6 Å². The van der Waals surface area contributed by atoms with E-state index in [1.807, 2.05) is 6.07 Å². The van der Waals surface area contributed by atoms with Gasteiger partial charge in [0.05, 0.1) is 20.6 Å². The predicted octanol–water partition coefficient (Wildman–Crippen LogP) is 4.51. The maximum atomic E-state index is 7.54. The Bertz CT molecular complexity index is 659. The molecule has 0 amide bonds. The van der Waals surface area contributed by atoms with Crippen LogP contribution in [0.15, 0.2) is 36.4 Å². The average Bonchev–Trinajstić information content (AvgIpc) is 2.39. The summed E-state index contributed by atoms with van der Waals surface area (Å²) in [6, 6.07) is 10.3. The van der Waals surface area contributed by atoms with Crippen LogP contribution >= 0.6 is 34.8 Å². The Balaban J connectivity index is 2.21. The maximum Gasteiger partial charge on any atom is 0.132 e. The van der Waals surface area contributed by atoms with Gasteiger partial charge in [-0.1, -0.05) is 46.9 Å². The van der Waals surface area contributed by atoms with E-state index < -0.39 is 0 Å². The Hall–Kier alpha value is -1.42. The third-order valence-electron chi connectivity index (χ3n) is 2.62. The highest BCUT2D eigenvalue weighted by Crippen LogP contribution is 2.27. The number of benzene rings is 2. The second-order valence-corrected chi connectivity index (χ2v) is 5.29. The lowest BCUT2D eigenvalue weighted by Gasteiger charge is -2.12. The SMILES string of the molecule is N=C(N)c1c(Cl)cccc1OCc1ccc(Cl)c(Cl)c1. The van der Waals surface area contributed by atoms with Crippen LogP contribution in [0.3, 0.4) is 0 Å². The van der Waals surface area contributed by atoms with Gasteiger partial charge < -0.3 is 10.5 Å². The first-order chi connectivity index (χ1) is 9.49. The lowest BCUT2D eigenvalue weighted by molar-refractivity contribution is 0.305. The standard InChI is InChI=1S/C14H11Cl3N2O/c15-9-5-4-8(6-11(9)17)7-20-12-3-1-2-10(16)13(12)14(18)19/h1-6H,7H2,(H3,18,19). The van der Waals surface area contributed by atoms with Crippen LogP contribution in [0.4, 0.5) is 0 Å². The largest absolute Gasteiger partial charge is 0.488 e. The summed E-state index contributed by atoms with van der Waals surface area (Å²) in [5, 5.41) is 8.87. The fourth-order valence-corrected chi connectivity index (χ4v) is 2.26. The van der Waals surface area contributed by atoms with Crippen LogP contribution in [0, 0.1) is 5.41 Å². The quantitative estimate of drug-likeness (QED) is 0.640. The van der Waals surface area contributed by atoms with Crippen LogP contribution in [-0.4, -0.2) is 5.84 Å². The van der Waals surface area contributed by atoms with E-state index in [2.05, 4.69) is 0 Å². The van der Waals surface area contributed by atoms with E-state index in [4.69, 9.17) is 50.7 Å². The summed E-state index contributed by atoms with van der Waals surface area (Å²) in [5.74, 6) is 0.316. The molecular weight excluding hydrogens is 319 g/mol. The molecule has 104 valence electrons. The fourth-order valence-electron chi connectivity index (χ4n) is 1.68. The average molecular weight is 330 g/mol. The number of hydrogen-bond donors (Lipinski definition) is 2. The monoisotopic (exact) mass is 328 g/mol. The van der Waals surface area contributed by atoms with Crippen LogP contribution < -0.4 is 10.5 Å². The Labute approximate surface area is 131 Å². The third kappa shape index (κ3) is 3.37. The summed E-state index contributed by atoms with van der Waals surface area (Å²) < 4.78 is 5.65. The van der Waals surface area contributed by atoms with Crippen molar-refractivity contribution in [3.63, 3.8) is 0 Å². The van der Waals surface area contributed by atoms with E-state index in [0.29, 0.717) is 26.4 Å². The zero-order valence-corrected chi connectivity index (χ0v) is 12.6. The number of rotatable bonds is 4.